The Balaban J connectivity index is 1.36. The molecule has 0 bridgehead atoms. The van der Waals surface area contributed by atoms with Gasteiger partial charge in [0, 0.05) is 31.5 Å². The summed E-state index contributed by atoms with van der Waals surface area (Å²) in [5.74, 6) is 0. The van der Waals surface area contributed by atoms with Gasteiger partial charge in [0.25, 0.3) is 0 Å². The van der Waals surface area contributed by atoms with Gasteiger partial charge in [0.15, 0.2) is 0 Å². The molecule has 3 heterocycles. The fourth-order valence-electron chi connectivity index (χ4n) is 4.30. The molecule has 29 heavy (non-hydrogen) atoms. The molecule has 2 unspecified atom stereocenters. The van der Waals surface area contributed by atoms with E-state index in [0.29, 0.717) is 12.6 Å². The Labute approximate surface area is 172 Å². The van der Waals surface area contributed by atoms with Crippen molar-refractivity contribution in [2.24, 2.45) is 0 Å². The van der Waals surface area contributed by atoms with E-state index in [1.54, 1.807) is 0 Å². The lowest BCUT2D eigenvalue weighted by atomic mass is 9.90. The van der Waals surface area contributed by atoms with E-state index in [1.165, 1.54) is 12.0 Å². The molecule has 0 spiro atoms. The lowest BCUT2D eigenvalue weighted by Crippen LogP contribution is -2.49. The predicted molar refractivity (Wildman–Crippen MR) is 111 cm³/mol. The van der Waals surface area contributed by atoms with E-state index in [4.69, 9.17) is 0 Å². The van der Waals surface area contributed by atoms with Gasteiger partial charge >= 0.3 is 6.03 Å². The van der Waals surface area contributed by atoms with Crippen molar-refractivity contribution in [2.45, 2.75) is 70.5 Å². The second-order valence-corrected chi connectivity index (χ2v) is 8.33. The average molecular weight is 398 g/mol. The SMILES string of the molecule is CC(C)n1cc(C2=CCCN(C(=O)NC3CCCCC3n3cccn3)CC2)nn1. The summed E-state index contributed by atoms with van der Waals surface area (Å²) < 4.78 is 3.88. The number of carbonyl (C=O) groups excluding carboxylic acids is 1. The number of rotatable bonds is 4. The van der Waals surface area contributed by atoms with E-state index in [-0.39, 0.29) is 18.1 Å². The lowest BCUT2D eigenvalue weighted by Gasteiger charge is -2.34. The molecule has 1 N–H and O–H groups in total. The minimum atomic E-state index is 0.0366. The maximum atomic E-state index is 13.0. The van der Waals surface area contributed by atoms with Crippen LogP contribution < -0.4 is 5.32 Å². The Morgan fingerprint density at radius 1 is 1.24 bits per heavy atom. The van der Waals surface area contributed by atoms with Gasteiger partial charge in [0.1, 0.15) is 5.69 Å². The molecular weight excluding hydrogens is 366 g/mol. The molecule has 2 amide bonds. The number of nitrogens with zero attached hydrogens (tertiary/aromatic N) is 6. The van der Waals surface area contributed by atoms with Gasteiger partial charge in [0.2, 0.25) is 0 Å². The van der Waals surface area contributed by atoms with E-state index in [1.807, 2.05) is 38.9 Å². The van der Waals surface area contributed by atoms with Crippen LogP contribution >= 0.6 is 0 Å². The highest BCUT2D eigenvalue weighted by Crippen LogP contribution is 2.28. The maximum Gasteiger partial charge on any atom is 0.317 e. The second-order valence-electron chi connectivity index (χ2n) is 8.33. The summed E-state index contributed by atoms with van der Waals surface area (Å²) in [4.78, 5) is 14.9. The lowest BCUT2D eigenvalue weighted by molar-refractivity contribution is 0.180. The molecule has 2 atom stereocenters. The zero-order chi connectivity index (χ0) is 20.2. The average Bonchev–Trinajstić information content (AvgIpc) is 3.37. The van der Waals surface area contributed by atoms with Gasteiger partial charge in [-0.1, -0.05) is 24.1 Å². The molecule has 1 fully saturated rings. The van der Waals surface area contributed by atoms with Crippen LogP contribution in [0.5, 0.6) is 0 Å². The zero-order valence-electron chi connectivity index (χ0n) is 17.4. The minimum absolute atomic E-state index is 0.0366. The molecular formula is C21H31N7O. The van der Waals surface area contributed by atoms with Gasteiger partial charge in [-0.05, 0) is 51.2 Å². The van der Waals surface area contributed by atoms with Crippen LogP contribution in [0.4, 0.5) is 4.79 Å². The quantitative estimate of drug-likeness (QED) is 0.857. The molecule has 4 rings (SSSR count). The monoisotopic (exact) mass is 397 g/mol. The molecule has 8 heteroatoms. The predicted octanol–water partition coefficient (Wildman–Crippen LogP) is 3.43. The van der Waals surface area contributed by atoms with Gasteiger partial charge in [-0.25, -0.2) is 9.48 Å². The number of hydrogen-bond acceptors (Lipinski definition) is 4. The Hall–Kier alpha value is -2.64. The summed E-state index contributed by atoms with van der Waals surface area (Å²) in [6, 6.07) is 2.66. The summed E-state index contributed by atoms with van der Waals surface area (Å²) in [5, 5.41) is 16.2. The van der Waals surface area contributed by atoms with Gasteiger partial charge in [-0.15, -0.1) is 5.10 Å². The van der Waals surface area contributed by atoms with Gasteiger partial charge in [0.05, 0.1) is 18.3 Å². The van der Waals surface area contributed by atoms with Crippen LogP contribution in [-0.4, -0.2) is 54.8 Å². The van der Waals surface area contributed by atoms with Crippen LogP contribution in [0.1, 0.15) is 70.2 Å². The standard InChI is InChI=1S/C21H31N7O/c1-16(2)28-15-19(24-25-28)17-7-5-12-26(14-10-17)21(29)23-18-8-3-4-9-20(18)27-13-6-11-22-27/h6-7,11,13,15-16,18,20H,3-5,8-10,12,14H2,1-2H3,(H,23,29). The summed E-state index contributed by atoms with van der Waals surface area (Å²) in [6.45, 7) is 5.61. The number of carbonyl (C=O) groups is 1. The zero-order valence-corrected chi connectivity index (χ0v) is 17.4. The summed E-state index contributed by atoms with van der Waals surface area (Å²) >= 11 is 0. The largest absolute Gasteiger partial charge is 0.333 e. The van der Waals surface area contributed by atoms with Gasteiger partial charge in [-0.3, -0.25) is 4.68 Å². The number of hydrogen-bond donors (Lipinski definition) is 1. The number of aromatic nitrogens is 5. The first-order valence-electron chi connectivity index (χ1n) is 10.8. The van der Waals surface area contributed by atoms with Crippen LogP contribution in [0, 0.1) is 0 Å². The second kappa shape index (κ2) is 8.80. The highest BCUT2D eigenvalue weighted by atomic mass is 16.2. The van der Waals surface area contributed by atoms with Crippen LogP contribution in [0.15, 0.2) is 30.7 Å². The van der Waals surface area contributed by atoms with Crippen molar-refractivity contribution in [3.8, 4) is 0 Å². The van der Waals surface area contributed by atoms with Crippen molar-refractivity contribution in [1.82, 2.24) is 35.0 Å². The van der Waals surface area contributed by atoms with Crippen LogP contribution in [0.3, 0.4) is 0 Å². The van der Waals surface area contributed by atoms with E-state index in [9.17, 15) is 4.79 Å². The van der Waals surface area contributed by atoms with Crippen molar-refractivity contribution in [1.29, 1.82) is 0 Å². The number of nitrogens with one attached hydrogen (secondary N) is 1. The molecule has 156 valence electrons. The highest BCUT2D eigenvalue weighted by Gasteiger charge is 2.30. The Morgan fingerprint density at radius 2 is 2.10 bits per heavy atom. The summed E-state index contributed by atoms with van der Waals surface area (Å²) in [7, 11) is 0. The number of amides is 2. The first-order chi connectivity index (χ1) is 14.1. The Kier molecular flexibility index (Phi) is 5.97. The molecule has 2 aromatic heterocycles. The summed E-state index contributed by atoms with van der Waals surface area (Å²) in [6.07, 6.45) is 14.1. The topological polar surface area (TPSA) is 80.9 Å². The van der Waals surface area contributed by atoms with E-state index >= 15 is 0 Å². The molecule has 0 radical (unpaired) electrons. The van der Waals surface area contributed by atoms with E-state index in [0.717, 1.165) is 44.3 Å². The van der Waals surface area contributed by atoms with Gasteiger partial charge in [-0.2, -0.15) is 5.10 Å². The third-order valence-corrected chi connectivity index (χ3v) is 6.00. The fourth-order valence-corrected chi connectivity index (χ4v) is 4.30. The van der Waals surface area contributed by atoms with Crippen molar-refractivity contribution in [2.75, 3.05) is 13.1 Å². The van der Waals surface area contributed by atoms with E-state index in [2.05, 4.69) is 40.7 Å². The third kappa shape index (κ3) is 4.52. The van der Waals surface area contributed by atoms with Crippen molar-refractivity contribution in [3.05, 3.63) is 36.4 Å². The van der Waals surface area contributed by atoms with Crippen molar-refractivity contribution in [3.63, 3.8) is 0 Å². The van der Waals surface area contributed by atoms with Crippen molar-refractivity contribution < 1.29 is 4.79 Å². The Bertz CT molecular complexity index is 839. The molecule has 2 aromatic rings. The molecule has 0 saturated heterocycles. The molecule has 0 aromatic carbocycles. The number of urea groups is 1. The van der Waals surface area contributed by atoms with Crippen LogP contribution in [-0.2, 0) is 0 Å². The molecule has 2 aliphatic rings. The van der Waals surface area contributed by atoms with Crippen molar-refractivity contribution >= 4 is 11.6 Å². The first kappa shape index (κ1) is 19.7. The maximum absolute atomic E-state index is 13.0. The van der Waals surface area contributed by atoms with Gasteiger partial charge < -0.3 is 10.2 Å². The molecule has 1 saturated carbocycles. The van der Waals surface area contributed by atoms with Crippen LogP contribution in [0.2, 0.25) is 0 Å². The molecule has 8 nitrogen and oxygen atoms in total. The Morgan fingerprint density at radius 3 is 2.86 bits per heavy atom. The third-order valence-electron chi connectivity index (χ3n) is 6.00. The molecule has 1 aliphatic carbocycles. The molecule has 1 aliphatic heterocycles. The fraction of sp³-hybridized carbons (Fsp3) is 0.619. The highest BCUT2D eigenvalue weighted by molar-refractivity contribution is 5.75. The summed E-state index contributed by atoms with van der Waals surface area (Å²) in [5.41, 5.74) is 2.10. The normalized spacial score (nSPS) is 23.0. The minimum Gasteiger partial charge on any atom is -0.333 e. The first-order valence-corrected chi connectivity index (χ1v) is 10.8. The van der Waals surface area contributed by atoms with E-state index < -0.39 is 0 Å². The smallest absolute Gasteiger partial charge is 0.317 e. The van der Waals surface area contributed by atoms with Crippen LogP contribution in [0.25, 0.3) is 5.57 Å².